The van der Waals surface area contributed by atoms with E-state index in [2.05, 4.69) is 15.4 Å². The van der Waals surface area contributed by atoms with Crippen LogP contribution in [0.4, 0.5) is 0 Å². The summed E-state index contributed by atoms with van der Waals surface area (Å²) in [6, 6.07) is 7.17. The van der Waals surface area contributed by atoms with Gasteiger partial charge in [0.2, 0.25) is 5.91 Å². The first-order chi connectivity index (χ1) is 11.1. The molecular weight excluding hydrogens is 294 g/mol. The van der Waals surface area contributed by atoms with Crippen LogP contribution in [-0.2, 0) is 11.3 Å². The SMILES string of the molecule is Cc1ccc2cnn(CC(=O)N[C@@H](C)c3cccnc3)c(=O)n12. The molecule has 0 aliphatic rings. The smallest absolute Gasteiger partial charge is 0.348 e. The molecule has 3 aromatic heterocycles. The molecule has 0 aliphatic carbocycles. The average Bonchev–Trinajstić information content (AvgIpc) is 2.93. The highest BCUT2D eigenvalue weighted by Gasteiger charge is 2.13. The molecule has 1 amide bonds. The molecule has 1 atom stereocenters. The predicted molar refractivity (Wildman–Crippen MR) is 85.0 cm³/mol. The van der Waals surface area contributed by atoms with Gasteiger partial charge in [-0.05, 0) is 37.6 Å². The van der Waals surface area contributed by atoms with Crippen molar-refractivity contribution in [2.45, 2.75) is 26.4 Å². The summed E-state index contributed by atoms with van der Waals surface area (Å²) in [5.74, 6) is -0.278. The van der Waals surface area contributed by atoms with Gasteiger partial charge in [-0.2, -0.15) is 5.10 Å². The average molecular weight is 311 g/mol. The quantitative estimate of drug-likeness (QED) is 0.781. The van der Waals surface area contributed by atoms with Gasteiger partial charge in [-0.3, -0.25) is 14.2 Å². The molecule has 0 unspecified atom stereocenters. The number of nitrogens with zero attached hydrogens (tertiary/aromatic N) is 4. The van der Waals surface area contributed by atoms with E-state index in [0.717, 1.165) is 15.9 Å². The molecule has 0 aromatic carbocycles. The van der Waals surface area contributed by atoms with E-state index in [-0.39, 0.29) is 24.2 Å². The van der Waals surface area contributed by atoms with E-state index >= 15 is 0 Å². The van der Waals surface area contributed by atoms with Gasteiger partial charge in [0, 0.05) is 18.1 Å². The number of pyridine rings is 1. The highest BCUT2D eigenvalue weighted by Crippen LogP contribution is 2.09. The fraction of sp³-hybridized carbons (Fsp3) is 0.250. The second kappa shape index (κ2) is 6.04. The van der Waals surface area contributed by atoms with Gasteiger partial charge in [0.15, 0.2) is 0 Å². The Bertz CT molecular complexity index is 898. The Hall–Kier alpha value is -2.96. The third-order valence-corrected chi connectivity index (χ3v) is 3.70. The summed E-state index contributed by atoms with van der Waals surface area (Å²) in [6.45, 7) is 3.57. The zero-order chi connectivity index (χ0) is 16.4. The molecule has 0 bridgehead atoms. The fourth-order valence-electron chi connectivity index (χ4n) is 2.46. The van der Waals surface area contributed by atoms with Gasteiger partial charge >= 0.3 is 5.69 Å². The molecule has 3 heterocycles. The number of fused-ring (bicyclic) bond motifs is 1. The van der Waals surface area contributed by atoms with Crippen LogP contribution in [0.3, 0.4) is 0 Å². The van der Waals surface area contributed by atoms with Crippen molar-refractivity contribution in [3.8, 4) is 0 Å². The summed E-state index contributed by atoms with van der Waals surface area (Å²) in [7, 11) is 0. The molecule has 0 fully saturated rings. The van der Waals surface area contributed by atoms with Gasteiger partial charge in [0.1, 0.15) is 6.54 Å². The summed E-state index contributed by atoms with van der Waals surface area (Å²) in [6.07, 6.45) is 4.95. The van der Waals surface area contributed by atoms with Crippen LogP contribution in [0.5, 0.6) is 0 Å². The molecule has 0 aliphatic heterocycles. The molecule has 7 heteroatoms. The van der Waals surface area contributed by atoms with Crippen molar-refractivity contribution >= 4 is 11.4 Å². The number of hydrogen-bond acceptors (Lipinski definition) is 4. The van der Waals surface area contributed by atoms with Gasteiger partial charge in [-0.1, -0.05) is 6.07 Å². The number of carbonyl (C=O) groups is 1. The monoisotopic (exact) mass is 311 g/mol. The number of aryl methyl sites for hydroxylation is 1. The Kier molecular flexibility index (Phi) is 3.92. The number of nitrogens with one attached hydrogen (secondary N) is 1. The zero-order valence-corrected chi connectivity index (χ0v) is 12.9. The molecule has 7 nitrogen and oxygen atoms in total. The van der Waals surface area contributed by atoms with Crippen molar-refractivity contribution in [2.24, 2.45) is 0 Å². The van der Waals surface area contributed by atoms with Crippen LogP contribution < -0.4 is 11.0 Å². The summed E-state index contributed by atoms with van der Waals surface area (Å²) < 4.78 is 2.69. The molecule has 0 radical (unpaired) electrons. The number of amides is 1. The van der Waals surface area contributed by atoms with E-state index in [1.165, 1.54) is 4.40 Å². The van der Waals surface area contributed by atoms with Crippen molar-refractivity contribution in [2.75, 3.05) is 0 Å². The molecule has 1 N–H and O–H groups in total. The lowest BCUT2D eigenvalue weighted by atomic mass is 10.1. The maximum atomic E-state index is 12.4. The van der Waals surface area contributed by atoms with Crippen LogP contribution in [0.25, 0.3) is 5.52 Å². The molecule has 0 spiro atoms. The minimum absolute atomic E-state index is 0.128. The predicted octanol–water partition coefficient (Wildman–Crippen LogP) is 1.08. The van der Waals surface area contributed by atoms with Crippen LogP contribution in [0, 0.1) is 6.92 Å². The van der Waals surface area contributed by atoms with Crippen molar-refractivity contribution in [3.05, 3.63) is 64.6 Å². The number of carbonyl (C=O) groups excluding carboxylic acids is 1. The third-order valence-electron chi connectivity index (χ3n) is 3.70. The molecule has 0 saturated heterocycles. The Morgan fingerprint density at radius 3 is 2.87 bits per heavy atom. The van der Waals surface area contributed by atoms with Crippen LogP contribution in [-0.4, -0.2) is 25.1 Å². The standard InChI is InChI=1S/C16H17N5O2/c1-11-5-6-14-9-18-20(16(23)21(11)14)10-15(22)19-12(2)13-4-3-7-17-8-13/h3-9,12H,10H2,1-2H3,(H,19,22)/t12-/m0/s1. The molecular formula is C16H17N5O2. The van der Waals surface area contributed by atoms with Gasteiger partial charge in [-0.25, -0.2) is 9.48 Å². The van der Waals surface area contributed by atoms with E-state index in [9.17, 15) is 9.59 Å². The van der Waals surface area contributed by atoms with Crippen molar-refractivity contribution in [1.29, 1.82) is 0 Å². The van der Waals surface area contributed by atoms with Crippen molar-refractivity contribution < 1.29 is 4.79 Å². The van der Waals surface area contributed by atoms with E-state index in [0.29, 0.717) is 5.52 Å². The van der Waals surface area contributed by atoms with Gasteiger partial charge in [-0.15, -0.1) is 0 Å². The van der Waals surface area contributed by atoms with Gasteiger partial charge in [0.05, 0.1) is 17.8 Å². The third kappa shape index (κ3) is 2.98. The highest BCUT2D eigenvalue weighted by molar-refractivity contribution is 5.76. The lowest BCUT2D eigenvalue weighted by Crippen LogP contribution is -2.37. The minimum atomic E-state index is -0.325. The molecule has 23 heavy (non-hydrogen) atoms. The lowest BCUT2D eigenvalue weighted by molar-refractivity contribution is -0.122. The van der Waals surface area contributed by atoms with Crippen LogP contribution in [0.2, 0.25) is 0 Å². The second-order valence-corrected chi connectivity index (χ2v) is 5.40. The summed E-state index contributed by atoms with van der Waals surface area (Å²) >= 11 is 0. The Balaban J connectivity index is 1.77. The molecule has 3 rings (SSSR count). The number of hydrogen-bond donors (Lipinski definition) is 1. The molecule has 0 saturated carbocycles. The first-order valence-electron chi connectivity index (χ1n) is 7.30. The van der Waals surface area contributed by atoms with Crippen LogP contribution in [0.15, 0.2) is 47.7 Å². The first kappa shape index (κ1) is 15.0. The topological polar surface area (TPSA) is 81.3 Å². The van der Waals surface area contributed by atoms with Crippen molar-refractivity contribution in [3.63, 3.8) is 0 Å². The number of aromatic nitrogens is 4. The zero-order valence-electron chi connectivity index (χ0n) is 12.9. The van der Waals surface area contributed by atoms with E-state index in [4.69, 9.17) is 0 Å². The Morgan fingerprint density at radius 1 is 1.30 bits per heavy atom. The summed E-state index contributed by atoms with van der Waals surface area (Å²) in [4.78, 5) is 28.6. The van der Waals surface area contributed by atoms with Gasteiger partial charge < -0.3 is 5.32 Å². The largest absolute Gasteiger partial charge is 0.349 e. The van der Waals surface area contributed by atoms with Gasteiger partial charge in [0.25, 0.3) is 0 Å². The van der Waals surface area contributed by atoms with E-state index < -0.39 is 0 Å². The second-order valence-electron chi connectivity index (χ2n) is 5.40. The Labute approximate surface area is 132 Å². The number of rotatable bonds is 4. The fourth-order valence-corrected chi connectivity index (χ4v) is 2.46. The lowest BCUT2D eigenvalue weighted by Gasteiger charge is -2.14. The first-order valence-corrected chi connectivity index (χ1v) is 7.30. The molecule has 118 valence electrons. The highest BCUT2D eigenvalue weighted by atomic mass is 16.2. The van der Waals surface area contributed by atoms with E-state index in [1.54, 1.807) is 18.6 Å². The summed E-state index contributed by atoms with van der Waals surface area (Å²) in [5.41, 5.74) is 2.10. The van der Waals surface area contributed by atoms with Crippen molar-refractivity contribution in [1.82, 2.24) is 24.5 Å². The Morgan fingerprint density at radius 2 is 2.13 bits per heavy atom. The van der Waals surface area contributed by atoms with E-state index in [1.807, 2.05) is 38.1 Å². The normalized spacial score (nSPS) is 12.3. The maximum absolute atomic E-state index is 12.4. The van der Waals surface area contributed by atoms with Crippen LogP contribution in [0.1, 0.15) is 24.2 Å². The molecule has 3 aromatic rings. The van der Waals surface area contributed by atoms with Crippen LogP contribution >= 0.6 is 0 Å². The minimum Gasteiger partial charge on any atom is -0.348 e. The maximum Gasteiger partial charge on any atom is 0.349 e. The summed E-state index contributed by atoms with van der Waals surface area (Å²) in [5, 5.41) is 6.89.